The molecule has 3 nitrogen and oxygen atoms in total. The van der Waals surface area contributed by atoms with Crippen LogP contribution in [-0.2, 0) is 16.1 Å². The van der Waals surface area contributed by atoms with Gasteiger partial charge in [-0.15, -0.1) is 0 Å². The lowest BCUT2D eigenvalue weighted by Gasteiger charge is -2.31. The minimum Gasteiger partial charge on any atom is -0.310 e. The van der Waals surface area contributed by atoms with Crippen molar-refractivity contribution in [2.75, 3.05) is 0 Å². The molecule has 1 aromatic rings. The Labute approximate surface area is 121 Å². The van der Waals surface area contributed by atoms with Crippen LogP contribution in [0.1, 0.15) is 45.1 Å². The fourth-order valence-electron chi connectivity index (χ4n) is 2.85. The minimum atomic E-state index is 0.250. The standard InChI is InChI=1S/C16H25N.CO2/c1-13(2)15-8-10-16(11-9-15)17-12-14-6-4-3-5-7-14;2-1-3/h3-7,13,15-17H,8-12H2,1-2H3;. The highest BCUT2D eigenvalue weighted by atomic mass is 16.2. The SMILES string of the molecule is CC(C)C1CCC(NCc2ccccc2)CC1.O=C=O. The zero-order chi connectivity index (χ0) is 14.8. The molecule has 3 heteroatoms. The summed E-state index contributed by atoms with van der Waals surface area (Å²) >= 11 is 0. The van der Waals surface area contributed by atoms with Gasteiger partial charge >= 0.3 is 6.15 Å². The molecule has 0 aromatic heterocycles. The van der Waals surface area contributed by atoms with Gasteiger partial charge in [0.15, 0.2) is 0 Å². The maximum Gasteiger partial charge on any atom is 0.373 e. The van der Waals surface area contributed by atoms with Crippen molar-refractivity contribution >= 4 is 6.15 Å². The van der Waals surface area contributed by atoms with Crippen LogP contribution in [0.4, 0.5) is 0 Å². The fraction of sp³-hybridized carbons (Fsp3) is 0.588. The molecule has 1 aliphatic carbocycles. The third kappa shape index (κ3) is 6.14. The second kappa shape index (κ2) is 9.46. The predicted molar refractivity (Wildman–Crippen MR) is 78.9 cm³/mol. The molecule has 1 aromatic carbocycles. The van der Waals surface area contributed by atoms with Crippen molar-refractivity contribution in [3.05, 3.63) is 35.9 Å². The molecular weight excluding hydrogens is 250 g/mol. The molecular formula is C17H25NO2. The Morgan fingerprint density at radius 3 is 2.15 bits per heavy atom. The Morgan fingerprint density at radius 2 is 1.65 bits per heavy atom. The van der Waals surface area contributed by atoms with E-state index in [1.165, 1.54) is 31.2 Å². The highest BCUT2D eigenvalue weighted by Gasteiger charge is 2.22. The molecule has 0 radical (unpaired) electrons. The Bertz CT molecular complexity index is 389. The molecule has 1 fully saturated rings. The van der Waals surface area contributed by atoms with Gasteiger partial charge in [0.1, 0.15) is 0 Å². The zero-order valence-corrected chi connectivity index (χ0v) is 12.5. The summed E-state index contributed by atoms with van der Waals surface area (Å²) in [6, 6.07) is 11.5. The first-order chi connectivity index (χ1) is 9.67. The molecule has 110 valence electrons. The van der Waals surface area contributed by atoms with Crippen LogP contribution in [0.2, 0.25) is 0 Å². The quantitative estimate of drug-likeness (QED) is 0.916. The summed E-state index contributed by atoms with van der Waals surface area (Å²) in [5, 5.41) is 3.70. The Balaban J connectivity index is 0.000000612. The topological polar surface area (TPSA) is 46.2 Å². The monoisotopic (exact) mass is 275 g/mol. The summed E-state index contributed by atoms with van der Waals surface area (Å²) in [6.45, 7) is 5.75. The summed E-state index contributed by atoms with van der Waals surface area (Å²) in [5.41, 5.74) is 1.40. The van der Waals surface area contributed by atoms with Crippen LogP contribution in [0.3, 0.4) is 0 Å². The smallest absolute Gasteiger partial charge is 0.310 e. The van der Waals surface area contributed by atoms with E-state index in [1.54, 1.807) is 0 Å². The molecule has 0 atom stereocenters. The molecule has 0 spiro atoms. The van der Waals surface area contributed by atoms with Gasteiger partial charge in [-0.1, -0.05) is 44.2 Å². The first-order valence-electron chi connectivity index (χ1n) is 7.44. The average Bonchev–Trinajstić information content (AvgIpc) is 2.47. The molecule has 2 rings (SSSR count). The van der Waals surface area contributed by atoms with Crippen LogP contribution in [-0.4, -0.2) is 12.2 Å². The summed E-state index contributed by atoms with van der Waals surface area (Å²) in [5.74, 6) is 1.83. The maximum absolute atomic E-state index is 8.12. The zero-order valence-electron chi connectivity index (χ0n) is 12.5. The van der Waals surface area contributed by atoms with Crippen LogP contribution >= 0.6 is 0 Å². The summed E-state index contributed by atoms with van der Waals surface area (Å²) in [6.07, 6.45) is 5.78. The summed E-state index contributed by atoms with van der Waals surface area (Å²) < 4.78 is 0. The van der Waals surface area contributed by atoms with Gasteiger partial charge in [0.05, 0.1) is 0 Å². The first-order valence-corrected chi connectivity index (χ1v) is 7.44. The van der Waals surface area contributed by atoms with Crippen molar-refractivity contribution in [3.8, 4) is 0 Å². The second-order valence-electron chi connectivity index (χ2n) is 5.81. The van der Waals surface area contributed by atoms with E-state index in [2.05, 4.69) is 49.5 Å². The molecule has 0 saturated heterocycles. The summed E-state index contributed by atoms with van der Waals surface area (Å²) in [4.78, 5) is 16.2. The lowest BCUT2D eigenvalue weighted by atomic mass is 9.80. The van der Waals surface area contributed by atoms with Gasteiger partial charge < -0.3 is 5.32 Å². The van der Waals surface area contributed by atoms with Gasteiger partial charge in [0.25, 0.3) is 0 Å². The lowest BCUT2D eigenvalue weighted by Crippen LogP contribution is -2.33. The Kier molecular flexibility index (Phi) is 7.86. The highest BCUT2D eigenvalue weighted by Crippen LogP contribution is 2.29. The second-order valence-corrected chi connectivity index (χ2v) is 5.81. The van der Waals surface area contributed by atoms with Crippen LogP contribution in [0.25, 0.3) is 0 Å². The minimum absolute atomic E-state index is 0.250. The normalized spacial score (nSPS) is 21.8. The molecule has 0 bridgehead atoms. The van der Waals surface area contributed by atoms with E-state index >= 15 is 0 Å². The number of rotatable bonds is 4. The van der Waals surface area contributed by atoms with Crippen molar-refractivity contribution in [1.82, 2.24) is 5.32 Å². The van der Waals surface area contributed by atoms with E-state index in [4.69, 9.17) is 9.59 Å². The van der Waals surface area contributed by atoms with Crippen molar-refractivity contribution in [2.45, 2.75) is 52.1 Å². The molecule has 0 heterocycles. The van der Waals surface area contributed by atoms with Gasteiger partial charge in [-0.05, 0) is 43.1 Å². The lowest BCUT2D eigenvalue weighted by molar-refractivity contribution is -0.191. The van der Waals surface area contributed by atoms with E-state index < -0.39 is 0 Å². The van der Waals surface area contributed by atoms with E-state index in [0.29, 0.717) is 0 Å². The first kappa shape index (κ1) is 16.6. The van der Waals surface area contributed by atoms with Crippen molar-refractivity contribution in [1.29, 1.82) is 0 Å². The predicted octanol–water partition coefficient (Wildman–Crippen LogP) is 3.41. The third-order valence-corrected chi connectivity index (χ3v) is 4.15. The number of benzene rings is 1. The largest absolute Gasteiger partial charge is 0.373 e. The van der Waals surface area contributed by atoms with Crippen LogP contribution < -0.4 is 5.32 Å². The molecule has 1 N–H and O–H groups in total. The highest BCUT2D eigenvalue weighted by molar-refractivity contribution is 5.20. The Hall–Kier alpha value is -1.44. The van der Waals surface area contributed by atoms with Crippen LogP contribution in [0.15, 0.2) is 30.3 Å². The number of hydrogen-bond acceptors (Lipinski definition) is 3. The van der Waals surface area contributed by atoms with E-state index in [1.807, 2.05) is 0 Å². The van der Waals surface area contributed by atoms with E-state index in [-0.39, 0.29) is 6.15 Å². The van der Waals surface area contributed by atoms with Crippen molar-refractivity contribution < 1.29 is 9.59 Å². The molecule has 0 unspecified atom stereocenters. The average molecular weight is 275 g/mol. The van der Waals surface area contributed by atoms with E-state index in [9.17, 15) is 0 Å². The molecule has 1 saturated carbocycles. The molecule has 0 amide bonds. The fourth-order valence-corrected chi connectivity index (χ4v) is 2.85. The van der Waals surface area contributed by atoms with Gasteiger partial charge in [-0.3, -0.25) is 0 Å². The number of nitrogens with one attached hydrogen (secondary N) is 1. The van der Waals surface area contributed by atoms with Crippen molar-refractivity contribution in [3.63, 3.8) is 0 Å². The van der Waals surface area contributed by atoms with Crippen LogP contribution in [0, 0.1) is 11.8 Å². The third-order valence-electron chi connectivity index (χ3n) is 4.15. The summed E-state index contributed by atoms with van der Waals surface area (Å²) in [7, 11) is 0. The number of hydrogen-bond donors (Lipinski definition) is 1. The van der Waals surface area contributed by atoms with Crippen LogP contribution in [0.5, 0.6) is 0 Å². The van der Waals surface area contributed by atoms with Gasteiger partial charge in [-0.25, -0.2) is 0 Å². The molecule has 0 aliphatic heterocycles. The van der Waals surface area contributed by atoms with Crippen molar-refractivity contribution in [2.24, 2.45) is 11.8 Å². The van der Waals surface area contributed by atoms with E-state index in [0.717, 1.165) is 24.4 Å². The Morgan fingerprint density at radius 1 is 1.10 bits per heavy atom. The van der Waals surface area contributed by atoms with Gasteiger partial charge in [0.2, 0.25) is 0 Å². The molecule has 20 heavy (non-hydrogen) atoms. The van der Waals surface area contributed by atoms with Gasteiger partial charge in [-0.2, -0.15) is 9.59 Å². The maximum atomic E-state index is 8.12. The molecule has 1 aliphatic rings. The number of carbonyl (C=O) groups excluding carboxylic acids is 2. The van der Waals surface area contributed by atoms with Gasteiger partial charge in [0, 0.05) is 12.6 Å².